The molecule has 8 heteroatoms. The topological polar surface area (TPSA) is 108 Å². The van der Waals surface area contributed by atoms with Crippen molar-refractivity contribution in [2.75, 3.05) is 0 Å². The van der Waals surface area contributed by atoms with Crippen LogP contribution in [0.2, 0.25) is 0 Å². The maximum atomic E-state index is 13.2. The number of carbonyl (C=O) groups is 1. The quantitative estimate of drug-likeness (QED) is 0.173. The van der Waals surface area contributed by atoms with Crippen LogP contribution in [0.25, 0.3) is 11.0 Å². The number of nitrogens with zero attached hydrogens (tertiary/aromatic N) is 1. The Morgan fingerprint density at radius 3 is 2.60 bits per heavy atom. The van der Waals surface area contributed by atoms with E-state index < -0.39 is 11.9 Å². The highest BCUT2D eigenvalue weighted by Crippen LogP contribution is 2.44. The van der Waals surface area contributed by atoms with E-state index in [4.69, 9.17) is 24.4 Å². The number of allylic oxidation sites excluding steroid dienone is 1. The molecule has 0 fully saturated rings. The molecule has 2 heterocycles. The van der Waals surface area contributed by atoms with E-state index in [-0.39, 0.29) is 35.4 Å². The number of halogens is 1. The molecule has 0 bridgehead atoms. The fourth-order valence-electron chi connectivity index (χ4n) is 5.05. The molecule has 5 aromatic rings. The number of esters is 1. The number of nitrogens with two attached hydrogens (primary N) is 1. The van der Waals surface area contributed by atoms with Crippen molar-refractivity contribution in [3.05, 3.63) is 136 Å². The highest BCUT2D eigenvalue weighted by molar-refractivity contribution is 5.97. The van der Waals surface area contributed by atoms with E-state index in [9.17, 15) is 14.4 Å². The molecule has 1 unspecified atom stereocenters. The molecule has 7 nitrogen and oxygen atoms in total. The Hall–Kier alpha value is -5.55. The Balaban J connectivity index is 1.27. The lowest BCUT2D eigenvalue weighted by molar-refractivity contribution is 0.0702. The van der Waals surface area contributed by atoms with Crippen LogP contribution >= 0.6 is 0 Å². The third-order valence-electron chi connectivity index (χ3n) is 7.19. The van der Waals surface area contributed by atoms with E-state index in [1.54, 1.807) is 36.4 Å². The SMILES string of the molecule is Cc1ccc2c(C)c(C(=O)Oc3ccc4c(c3)OC(N)=C(C#N)C4c3cccc(OCc4ccc(F)cc4)c3)oc2c1. The van der Waals surface area contributed by atoms with Gasteiger partial charge in [-0.2, -0.15) is 5.26 Å². The maximum Gasteiger partial charge on any atom is 0.379 e. The lowest BCUT2D eigenvalue weighted by atomic mass is 9.83. The zero-order chi connectivity index (χ0) is 29.4. The van der Waals surface area contributed by atoms with Gasteiger partial charge in [0.2, 0.25) is 11.6 Å². The molecule has 208 valence electrons. The molecule has 0 amide bonds. The van der Waals surface area contributed by atoms with Gasteiger partial charge in [0.1, 0.15) is 46.9 Å². The molecular weight excluding hydrogens is 535 g/mol. The zero-order valence-corrected chi connectivity index (χ0v) is 22.8. The van der Waals surface area contributed by atoms with E-state index in [1.807, 2.05) is 50.2 Å². The minimum Gasteiger partial charge on any atom is -0.489 e. The number of hydrogen-bond acceptors (Lipinski definition) is 7. The van der Waals surface area contributed by atoms with Gasteiger partial charge in [0.05, 0.1) is 5.92 Å². The Morgan fingerprint density at radius 2 is 1.81 bits per heavy atom. The molecular formula is C34H25FN2O5. The second-order valence-electron chi connectivity index (χ2n) is 10.1. The van der Waals surface area contributed by atoms with Crippen molar-refractivity contribution in [1.29, 1.82) is 5.26 Å². The van der Waals surface area contributed by atoms with Gasteiger partial charge in [0.15, 0.2) is 0 Å². The Labute approximate surface area is 241 Å². The van der Waals surface area contributed by atoms with Crippen LogP contribution in [0.1, 0.15) is 44.3 Å². The summed E-state index contributed by atoms with van der Waals surface area (Å²) in [6.45, 7) is 4.01. The van der Waals surface area contributed by atoms with Gasteiger partial charge >= 0.3 is 5.97 Å². The molecule has 42 heavy (non-hydrogen) atoms. The van der Waals surface area contributed by atoms with Crippen molar-refractivity contribution in [2.45, 2.75) is 26.4 Å². The first-order valence-corrected chi connectivity index (χ1v) is 13.2. The molecule has 4 aromatic carbocycles. The van der Waals surface area contributed by atoms with Crippen LogP contribution in [0.3, 0.4) is 0 Å². The summed E-state index contributed by atoms with van der Waals surface area (Å²) in [5, 5.41) is 10.8. The van der Waals surface area contributed by atoms with E-state index in [1.165, 1.54) is 12.1 Å². The van der Waals surface area contributed by atoms with Crippen LogP contribution in [0.4, 0.5) is 4.39 Å². The molecule has 0 saturated carbocycles. The van der Waals surface area contributed by atoms with Crippen LogP contribution in [-0.4, -0.2) is 5.97 Å². The molecule has 2 N–H and O–H groups in total. The van der Waals surface area contributed by atoms with Gasteiger partial charge in [-0.05, 0) is 66.9 Å². The number of nitriles is 1. The van der Waals surface area contributed by atoms with Gasteiger partial charge in [0.25, 0.3) is 0 Å². The lowest BCUT2D eigenvalue weighted by Gasteiger charge is -2.27. The first kappa shape index (κ1) is 26.7. The minimum absolute atomic E-state index is 0.0420. The minimum atomic E-state index is -0.638. The van der Waals surface area contributed by atoms with Gasteiger partial charge in [-0.3, -0.25) is 0 Å². The first-order chi connectivity index (χ1) is 20.3. The largest absolute Gasteiger partial charge is 0.489 e. The van der Waals surface area contributed by atoms with Crippen molar-refractivity contribution in [1.82, 2.24) is 0 Å². The fraction of sp³-hybridized carbons (Fsp3) is 0.118. The summed E-state index contributed by atoms with van der Waals surface area (Å²) in [7, 11) is 0. The summed E-state index contributed by atoms with van der Waals surface area (Å²) in [6, 6.07) is 26.3. The smallest absolute Gasteiger partial charge is 0.379 e. The van der Waals surface area contributed by atoms with Crippen molar-refractivity contribution < 1.29 is 27.8 Å². The van der Waals surface area contributed by atoms with Crippen LogP contribution in [0, 0.1) is 31.0 Å². The van der Waals surface area contributed by atoms with Gasteiger partial charge in [0, 0.05) is 22.6 Å². The van der Waals surface area contributed by atoms with Crippen molar-refractivity contribution in [2.24, 2.45) is 5.73 Å². The molecule has 0 aliphatic carbocycles. The number of hydrogen-bond donors (Lipinski definition) is 1. The molecule has 0 spiro atoms. The summed E-state index contributed by atoms with van der Waals surface area (Å²) in [4.78, 5) is 13.1. The monoisotopic (exact) mass is 560 g/mol. The molecule has 1 atom stereocenters. The third-order valence-corrected chi connectivity index (χ3v) is 7.19. The van der Waals surface area contributed by atoms with Gasteiger partial charge in [-0.15, -0.1) is 0 Å². The summed E-state index contributed by atoms with van der Waals surface area (Å²) < 4.78 is 36.5. The van der Waals surface area contributed by atoms with Gasteiger partial charge in [-0.1, -0.05) is 42.5 Å². The molecule has 1 aliphatic rings. The predicted octanol–water partition coefficient (Wildman–Crippen LogP) is 7.21. The zero-order valence-electron chi connectivity index (χ0n) is 22.8. The second-order valence-corrected chi connectivity index (χ2v) is 10.1. The van der Waals surface area contributed by atoms with Crippen LogP contribution in [-0.2, 0) is 6.61 Å². The number of aryl methyl sites for hydroxylation is 2. The maximum absolute atomic E-state index is 13.2. The summed E-state index contributed by atoms with van der Waals surface area (Å²) in [5.41, 5.74) is 11.0. The summed E-state index contributed by atoms with van der Waals surface area (Å²) in [6.07, 6.45) is 0. The molecule has 0 saturated heterocycles. The third kappa shape index (κ3) is 5.04. The molecule has 6 rings (SSSR count). The Bertz CT molecular complexity index is 1920. The predicted molar refractivity (Wildman–Crippen MR) is 154 cm³/mol. The number of ether oxygens (including phenoxy) is 3. The van der Waals surface area contributed by atoms with Crippen molar-refractivity contribution in [3.63, 3.8) is 0 Å². The van der Waals surface area contributed by atoms with Gasteiger partial charge in [-0.25, -0.2) is 9.18 Å². The number of carbonyl (C=O) groups excluding carboxylic acids is 1. The van der Waals surface area contributed by atoms with Crippen molar-refractivity contribution >= 4 is 16.9 Å². The second kappa shape index (κ2) is 10.8. The van der Waals surface area contributed by atoms with Gasteiger partial charge < -0.3 is 24.4 Å². The fourth-order valence-corrected chi connectivity index (χ4v) is 5.05. The highest BCUT2D eigenvalue weighted by atomic mass is 19.1. The average molecular weight is 561 g/mol. The van der Waals surface area contributed by atoms with E-state index in [0.29, 0.717) is 28.2 Å². The van der Waals surface area contributed by atoms with E-state index >= 15 is 0 Å². The number of rotatable bonds is 6. The van der Waals surface area contributed by atoms with Crippen molar-refractivity contribution in [3.8, 4) is 23.3 Å². The molecule has 0 radical (unpaired) electrons. The van der Waals surface area contributed by atoms with E-state index in [2.05, 4.69) is 6.07 Å². The lowest BCUT2D eigenvalue weighted by Crippen LogP contribution is -2.21. The van der Waals surface area contributed by atoms with Crippen LogP contribution in [0.5, 0.6) is 17.2 Å². The number of fused-ring (bicyclic) bond motifs is 2. The van der Waals surface area contributed by atoms with Crippen LogP contribution < -0.4 is 19.9 Å². The standard InChI is InChI=1S/C34H25FN2O5/c1-19-6-12-26-20(2)32(41-29(26)14-19)34(38)40-25-11-13-27-30(16-25)42-33(37)28(17-36)31(27)22-4-3-5-24(15-22)39-18-21-7-9-23(35)10-8-21/h3-16,31H,18,37H2,1-2H3. The first-order valence-electron chi connectivity index (χ1n) is 13.2. The summed E-state index contributed by atoms with van der Waals surface area (Å²) >= 11 is 0. The number of benzene rings is 4. The van der Waals surface area contributed by atoms with E-state index in [0.717, 1.165) is 22.1 Å². The summed E-state index contributed by atoms with van der Waals surface area (Å²) in [5.74, 6) is -0.253. The average Bonchev–Trinajstić information content (AvgIpc) is 3.31. The van der Waals surface area contributed by atoms with Crippen LogP contribution in [0.15, 0.2) is 101 Å². The normalized spacial score (nSPS) is 14.2. The Kier molecular flexibility index (Phi) is 6.85. The molecule has 1 aliphatic heterocycles. The molecule has 1 aromatic heterocycles. The Morgan fingerprint density at radius 1 is 1.00 bits per heavy atom. The number of furan rings is 1. The highest BCUT2D eigenvalue weighted by Gasteiger charge is 2.31.